The van der Waals surface area contributed by atoms with Crippen molar-refractivity contribution in [2.75, 3.05) is 24.7 Å². The van der Waals surface area contributed by atoms with Gasteiger partial charge in [0.2, 0.25) is 11.9 Å². The standard InChI is InChI=1S/C16H19ClN8OS/c1-24(2)15-20-12(19-14(18)21-15)9-27-16-23-22-13(25(16)3)8-26-11-7-5-4-6-10(11)17/h4-7H,8-9H2,1-3H3,(H2,18,19,20,21). The third-order valence-electron chi connectivity index (χ3n) is 3.54. The molecule has 3 rings (SSSR count). The molecule has 0 saturated heterocycles. The Hall–Kier alpha value is -2.59. The molecule has 3 aromatic rings. The molecule has 11 heteroatoms. The normalized spacial score (nSPS) is 10.8. The van der Waals surface area contributed by atoms with E-state index in [4.69, 9.17) is 22.1 Å². The molecule has 0 saturated carbocycles. The topological polar surface area (TPSA) is 108 Å². The van der Waals surface area contributed by atoms with Gasteiger partial charge in [-0.15, -0.1) is 10.2 Å². The monoisotopic (exact) mass is 406 g/mol. The number of benzene rings is 1. The van der Waals surface area contributed by atoms with Crippen molar-refractivity contribution in [3.8, 4) is 5.75 Å². The summed E-state index contributed by atoms with van der Waals surface area (Å²) in [6, 6.07) is 7.29. The highest BCUT2D eigenvalue weighted by atomic mass is 35.5. The van der Waals surface area contributed by atoms with Crippen LogP contribution in [0.4, 0.5) is 11.9 Å². The van der Waals surface area contributed by atoms with Gasteiger partial charge < -0.3 is 19.9 Å². The van der Waals surface area contributed by atoms with E-state index in [1.54, 1.807) is 11.0 Å². The highest BCUT2D eigenvalue weighted by Crippen LogP contribution is 2.25. The Balaban J connectivity index is 1.65. The molecule has 0 amide bonds. The minimum atomic E-state index is 0.191. The van der Waals surface area contributed by atoms with Crippen molar-refractivity contribution in [2.45, 2.75) is 17.5 Å². The first-order chi connectivity index (χ1) is 12.9. The van der Waals surface area contributed by atoms with E-state index in [-0.39, 0.29) is 12.6 Å². The second-order valence-electron chi connectivity index (χ2n) is 5.77. The molecule has 0 unspecified atom stereocenters. The molecule has 0 radical (unpaired) electrons. The number of para-hydroxylation sites is 1. The van der Waals surface area contributed by atoms with Crippen LogP contribution < -0.4 is 15.4 Å². The Bertz CT molecular complexity index is 933. The number of hydrogen-bond donors (Lipinski definition) is 1. The van der Waals surface area contributed by atoms with Crippen molar-refractivity contribution in [1.29, 1.82) is 0 Å². The van der Waals surface area contributed by atoms with E-state index in [0.29, 0.717) is 34.1 Å². The molecule has 1 aromatic carbocycles. The number of rotatable bonds is 7. The van der Waals surface area contributed by atoms with Crippen LogP contribution in [0.3, 0.4) is 0 Å². The van der Waals surface area contributed by atoms with Crippen molar-refractivity contribution in [3.05, 3.63) is 40.9 Å². The van der Waals surface area contributed by atoms with Gasteiger partial charge in [0.15, 0.2) is 11.0 Å². The fourth-order valence-corrected chi connectivity index (χ4v) is 3.09. The second-order valence-corrected chi connectivity index (χ2v) is 7.12. The van der Waals surface area contributed by atoms with Crippen LogP contribution in [0.25, 0.3) is 0 Å². The third-order valence-corrected chi connectivity index (χ3v) is 4.86. The van der Waals surface area contributed by atoms with Gasteiger partial charge in [-0.25, -0.2) is 0 Å². The Labute approximate surface area is 165 Å². The zero-order valence-electron chi connectivity index (χ0n) is 15.1. The van der Waals surface area contributed by atoms with Crippen LogP contribution >= 0.6 is 23.4 Å². The van der Waals surface area contributed by atoms with Crippen LogP contribution in [0, 0.1) is 0 Å². The lowest BCUT2D eigenvalue weighted by Gasteiger charge is -2.11. The van der Waals surface area contributed by atoms with E-state index in [9.17, 15) is 0 Å². The number of hydrogen-bond acceptors (Lipinski definition) is 9. The molecule has 0 fully saturated rings. The number of ether oxygens (including phenoxy) is 1. The van der Waals surface area contributed by atoms with Crippen LogP contribution in [0.1, 0.15) is 11.6 Å². The lowest BCUT2D eigenvalue weighted by molar-refractivity contribution is 0.290. The quantitative estimate of drug-likeness (QED) is 0.590. The van der Waals surface area contributed by atoms with Crippen molar-refractivity contribution >= 4 is 35.3 Å². The summed E-state index contributed by atoms with van der Waals surface area (Å²) in [7, 11) is 5.57. The molecule has 0 atom stereocenters. The van der Waals surface area contributed by atoms with Gasteiger partial charge >= 0.3 is 0 Å². The Morgan fingerprint density at radius 2 is 1.96 bits per heavy atom. The van der Waals surface area contributed by atoms with Gasteiger partial charge in [-0.1, -0.05) is 35.5 Å². The number of nitrogens with two attached hydrogens (primary N) is 1. The Morgan fingerprint density at radius 3 is 2.70 bits per heavy atom. The van der Waals surface area contributed by atoms with Crippen LogP contribution in [-0.4, -0.2) is 43.8 Å². The number of anilines is 2. The van der Waals surface area contributed by atoms with Crippen LogP contribution in [-0.2, 0) is 19.4 Å². The van der Waals surface area contributed by atoms with Crippen LogP contribution in [0.5, 0.6) is 5.75 Å². The first kappa shape index (κ1) is 19.2. The van der Waals surface area contributed by atoms with Gasteiger partial charge in [0.05, 0.1) is 10.8 Å². The van der Waals surface area contributed by atoms with E-state index < -0.39 is 0 Å². The molecular weight excluding hydrogens is 388 g/mol. The molecule has 2 N–H and O–H groups in total. The van der Waals surface area contributed by atoms with Crippen molar-refractivity contribution in [2.24, 2.45) is 7.05 Å². The van der Waals surface area contributed by atoms with Gasteiger partial charge in [-0.05, 0) is 12.1 Å². The van der Waals surface area contributed by atoms with Crippen LogP contribution in [0.2, 0.25) is 5.02 Å². The largest absolute Gasteiger partial charge is 0.484 e. The summed E-state index contributed by atoms with van der Waals surface area (Å²) in [5.41, 5.74) is 5.75. The van der Waals surface area contributed by atoms with Gasteiger partial charge in [-0.2, -0.15) is 15.0 Å². The summed E-state index contributed by atoms with van der Waals surface area (Å²) >= 11 is 7.55. The summed E-state index contributed by atoms with van der Waals surface area (Å²) in [6.07, 6.45) is 0. The smallest absolute Gasteiger partial charge is 0.229 e. The maximum absolute atomic E-state index is 6.10. The summed E-state index contributed by atoms with van der Waals surface area (Å²) in [6.45, 7) is 0.261. The Kier molecular flexibility index (Phi) is 5.97. The minimum Gasteiger partial charge on any atom is -0.484 e. The van der Waals surface area contributed by atoms with Crippen molar-refractivity contribution in [1.82, 2.24) is 29.7 Å². The highest BCUT2D eigenvalue weighted by Gasteiger charge is 2.13. The highest BCUT2D eigenvalue weighted by molar-refractivity contribution is 7.98. The maximum atomic E-state index is 6.10. The molecular formula is C16H19ClN8OS. The predicted octanol–water partition coefficient (Wildman–Crippen LogP) is 2.17. The zero-order valence-corrected chi connectivity index (χ0v) is 16.7. The third kappa shape index (κ3) is 4.77. The van der Waals surface area contributed by atoms with Gasteiger partial charge in [-0.3, -0.25) is 0 Å². The summed E-state index contributed by atoms with van der Waals surface area (Å²) in [5, 5.41) is 9.64. The van der Waals surface area contributed by atoms with E-state index in [1.165, 1.54) is 11.8 Å². The molecule has 27 heavy (non-hydrogen) atoms. The summed E-state index contributed by atoms with van der Waals surface area (Å²) in [5.74, 6) is 3.06. The van der Waals surface area contributed by atoms with E-state index >= 15 is 0 Å². The lowest BCUT2D eigenvalue weighted by atomic mass is 10.3. The fourth-order valence-electron chi connectivity index (χ4n) is 2.12. The summed E-state index contributed by atoms with van der Waals surface area (Å²) < 4.78 is 7.58. The van der Waals surface area contributed by atoms with E-state index in [2.05, 4.69) is 25.1 Å². The van der Waals surface area contributed by atoms with Gasteiger partial charge in [0.1, 0.15) is 18.2 Å². The SMILES string of the molecule is CN(C)c1nc(N)nc(CSc2nnc(COc3ccccc3Cl)n2C)n1. The number of thioether (sulfide) groups is 1. The molecule has 0 aliphatic carbocycles. The lowest BCUT2D eigenvalue weighted by Crippen LogP contribution is -2.16. The number of nitrogens with zero attached hydrogens (tertiary/aromatic N) is 7. The first-order valence-corrected chi connectivity index (χ1v) is 9.36. The molecule has 0 bridgehead atoms. The van der Waals surface area contributed by atoms with Gasteiger partial charge in [0.25, 0.3) is 0 Å². The average Bonchev–Trinajstić information content (AvgIpc) is 2.98. The molecule has 9 nitrogen and oxygen atoms in total. The van der Waals surface area contributed by atoms with E-state index in [1.807, 2.05) is 43.9 Å². The number of nitrogen functional groups attached to an aromatic ring is 1. The zero-order chi connectivity index (χ0) is 19.4. The number of aromatic nitrogens is 6. The summed E-state index contributed by atoms with van der Waals surface area (Å²) in [4.78, 5) is 14.4. The Morgan fingerprint density at radius 1 is 1.19 bits per heavy atom. The van der Waals surface area contributed by atoms with Gasteiger partial charge in [0, 0.05) is 21.1 Å². The maximum Gasteiger partial charge on any atom is 0.229 e. The average molecular weight is 407 g/mol. The molecule has 2 aromatic heterocycles. The van der Waals surface area contributed by atoms with Crippen molar-refractivity contribution < 1.29 is 4.74 Å². The molecule has 2 heterocycles. The first-order valence-electron chi connectivity index (χ1n) is 8.00. The molecule has 0 aliphatic rings. The van der Waals surface area contributed by atoms with Crippen molar-refractivity contribution in [3.63, 3.8) is 0 Å². The molecule has 0 spiro atoms. The molecule has 142 valence electrons. The predicted molar refractivity (Wildman–Crippen MR) is 105 cm³/mol. The van der Waals surface area contributed by atoms with E-state index in [0.717, 1.165) is 5.16 Å². The fraction of sp³-hybridized carbons (Fsp3) is 0.312. The van der Waals surface area contributed by atoms with Crippen LogP contribution in [0.15, 0.2) is 29.4 Å². The number of halogens is 1. The second kappa shape index (κ2) is 8.40. The molecule has 0 aliphatic heterocycles. The minimum absolute atomic E-state index is 0.191.